The van der Waals surface area contributed by atoms with Crippen LogP contribution in [0.2, 0.25) is 0 Å². The molecular formula is C21H18N4O5S. The maximum absolute atomic E-state index is 12.7. The number of thioether (sulfide) groups is 1. The van der Waals surface area contributed by atoms with Gasteiger partial charge in [0.2, 0.25) is 5.82 Å². The van der Waals surface area contributed by atoms with E-state index in [1.54, 1.807) is 56.7 Å². The van der Waals surface area contributed by atoms with Crippen molar-refractivity contribution >= 4 is 17.7 Å². The van der Waals surface area contributed by atoms with Gasteiger partial charge in [0, 0.05) is 5.56 Å². The molecular weight excluding hydrogens is 420 g/mol. The van der Waals surface area contributed by atoms with Gasteiger partial charge in [-0.2, -0.15) is 4.98 Å². The van der Waals surface area contributed by atoms with E-state index in [1.165, 1.54) is 11.8 Å². The third kappa shape index (κ3) is 4.43. The minimum Gasteiger partial charge on any atom is -0.497 e. The smallest absolute Gasteiger partial charge is 0.343 e. The fourth-order valence-electron chi connectivity index (χ4n) is 2.81. The fourth-order valence-corrected chi connectivity index (χ4v) is 3.42. The lowest BCUT2D eigenvalue weighted by Gasteiger charge is -2.10. The summed E-state index contributed by atoms with van der Waals surface area (Å²) >= 11 is 1.32. The molecule has 0 aliphatic rings. The molecule has 0 atom stereocenters. The Morgan fingerprint density at radius 3 is 2.61 bits per heavy atom. The molecule has 1 aromatic carbocycles. The van der Waals surface area contributed by atoms with Gasteiger partial charge in [0.25, 0.3) is 5.89 Å². The Hall–Kier alpha value is -3.66. The first-order chi connectivity index (χ1) is 15.1. The summed E-state index contributed by atoms with van der Waals surface area (Å²) < 4.78 is 21.1. The van der Waals surface area contributed by atoms with Crippen molar-refractivity contribution in [2.24, 2.45) is 0 Å². The van der Waals surface area contributed by atoms with E-state index in [1.807, 2.05) is 6.26 Å². The van der Waals surface area contributed by atoms with Gasteiger partial charge in [0.15, 0.2) is 18.2 Å². The molecule has 0 N–H and O–H groups in total. The van der Waals surface area contributed by atoms with Gasteiger partial charge in [-0.05, 0) is 49.6 Å². The van der Waals surface area contributed by atoms with E-state index in [0.717, 1.165) is 11.3 Å². The molecule has 0 bridgehead atoms. The van der Waals surface area contributed by atoms with Gasteiger partial charge in [-0.3, -0.25) is 0 Å². The van der Waals surface area contributed by atoms with Crippen LogP contribution < -0.4 is 4.74 Å². The number of aryl methyl sites for hydroxylation is 1. The highest BCUT2D eigenvalue weighted by molar-refractivity contribution is 7.98. The summed E-state index contributed by atoms with van der Waals surface area (Å²) in [6.07, 6.45) is 3.37. The van der Waals surface area contributed by atoms with Crippen LogP contribution in [-0.2, 0) is 11.3 Å². The van der Waals surface area contributed by atoms with Crippen LogP contribution >= 0.6 is 11.8 Å². The highest BCUT2D eigenvalue weighted by Crippen LogP contribution is 2.26. The van der Waals surface area contributed by atoms with E-state index in [2.05, 4.69) is 20.1 Å². The molecule has 0 unspecified atom stereocenters. The summed E-state index contributed by atoms with van der Waals surface area (Å²) in [6, 6.07) is 10.7. The SMILES string of the molecule is COc1ccc(-c2nc(COC(=O)c3c(C)nc(-c4ccco4)nc3SC)no2)cc1. The fraction of sp³-hybridized carbons (Fsp3) is 0.190. The molecule has 0 radical (unpaired) electrons. The molecule has 0 aliphatic heterocycles. The first kappa shape index (κ1) is 20.6. The summed E-state index contributed by atoms with van der Waals surface area (Å²) in [5.41, 5.74) is 1.51. The molecule has 3 heterocycles. The number of benzene rings is 1. The molecule has 10 heteroatoms. The Balaban J connectivity index is 1.48. The molecule has 0 saturated carbocycles. The molecule has 0 spiro atoms. The molecule has 31 heavy (non-hydrogen) atoms. The Kier molecular flexibility index (Phi) is 5.99. The summed E-state index contributed by atoms with van der Waals surface area (Å²) in [7, 11) is 1.59. The molecule has 0 fully saturated rings. The number of methoxy groups -OCH3 is 1. The standard InChI is InChI=1S/C21H18N4O5S/c1-12-17(20(31-3)24-18(22-12)15-5-4-10-28-15)21(26)29-11-16-23-19(30-25-16)13-6-8-14(27-2)9-7-13/h4-10H,11H2,1-3H3. The number of ether oxygens (including phenoxy) is 2. The quantitative estimate of drug-likeness (QED) is 0.236. The second-order valence-electron chi connectivity index (χ2n) is 6.31. The summed E-state index contributed by atoms with van der Waals surface area (Å²) in [6.45, 7) is 1.58. The molecule has 9 nitrogen and oxygen atoms in total. The minimum atomic E-state index is -0.566. The van der Waals surface area contributed by atoms with Gasteiger partial charge in [-0.1, -0.05) is 5.16 Å². The number of hydrogen-bond donors (Lipinski definition) is 0. The first-order valence-electron chi connectivity index (χ1n) is 9.19. The monoisotopic (exact) mass is 438 g/mol. The predicted molar refractivity (Wildman–Crippen MR) is 112 cm³/mol. The Bertz CT molecular complexity index is 1190. The highest BCUT2D eigenvalue weighted by atomic mass is 32.2. The van der Waals surface area contributed by atoms with Crippen LogP contribution in [0.15, 0.2) is 56.6 Å². The van der Waals surface area contributed by atoms with Crippen LogP contribution in [0.4, 0.5) is 0 Å². The van der Waals surface area contributed by atoms with Gasteiger partial charge in [-0.15, -0.1) is 11.8 Å². The summed E-state index contributed by atoms with van der Waals surface area (Å²) in [5.74, 6) is 1.65. The molecule has 158 valence electrons. The predicted octanol–water partition coefficient (Wildman–Crippen LogP) is 4.18. The van der Waals surface area contributed by atoms with E-state index in [4.69, 9.17) is 18.4 Å². The normalized spacial score (nSPS) is 10.8. The lowest BCUT2D eigenvalue weighted by atomic mass is 10.2. The number of rotatable bonds is 7. The highest BCUT2D eigenvalue weighted by Gasteiger charge is 2.22. The summed E-state index contributed by atoms with van der Waals surface area (Å²) in [5, 5.41) is 4.37. The lowest BCUT2D eigenvalue weighted by Crippen LogP contribution is -2.12. The largest absolute Gasteiger partial charge is 0.497 e. The second-order valence-corrected chi connectivity index (χ2v) is 7.11. The van der Waals surface area contributed by atoms with Gasteiger partial charge in [-0.25, -0.2) is 14.8 Å². The van der Waals surface area contributed by atoms with Crippen LogP contribution in [0.25, 0.3) is 23.0 Å². The van der Waals surface area contributed by atoms with Gasteiger partial charge in [0.1, 0.15) is 16.3 Å². The van der Waals surface area contributed by atoms with Crippen molar-refractivity contribution in [3.05, 3.63) is 59.7 Å². The van der Waals surface area contributed by atoms with E-state index < -0.39 is 5.97 Å². The van der Waals surface area contributed by atoms with Gasteiger partial charge < -0.3 is 18.4 Å². The third-order valence-electron chi connectivity index (χ3n) is 4.33. The molecule has 0 amide bonds. The second kappa shape index (κ2) is 9.00. The summed E-state index contributed by atoms with van der Waals surface area (Å²) in [4.78, 5) is 25.8. The van der Waals surface area contributed by atoms with E-state index in [-0.39, 0.29) is 12.4 Å². The number of carbonyl (C=O) groups excluding carboxylic acids is 1. The van der Waals surface area contributed by atoms with Crippen LogP contribution in [0.1, 0.15) is 21.9 Å². The van der Waals surface area contributed by atoms with Crippen molar-refractivity contribution < 1.29 is 23.2 Å². The number of aromatic nitrogens is 4. The Morgan fingerprint density at radius 2 is 1.94 bits per heavy atom. The Morgan fingerprint density at radius 1 is 1.13 bits per heavy atom. The third-order valence-corrected chi connectivity index (χ3v) is 5.02. The zero-order valence-corrected chi connectivity index (χ0v) is 17.8. The number of hydrogen-bond acceptors (Lipinski definition) is 10. The van der Waals surface area contributed by atoms with Crippen LogP contribution in [0.3, 0.4) is 0 Å². The average molecular weight is 438 g/mol. The molecule has 4 rings (SSSR count). The molecule has 0 aliphatic carbocycles. The van der Waals surface area contributed by atoms with Crippen LogP contribution in [0, 0.1) is 6.92 Å². The number of furan rings is 1. The lowest BCUT2D eigenvalue weighted by molar-refractivity contribution is 0.0453. The van der Waals surface area contributed by atoms with Crippen LogP contribution in [0.5, 0.6) is 5.75 Å². The topological polar surface area (TPSA) is 113 Å². The first-order valence-corrected chi connectivity index (χ1v) is 10.4. The van der Waals surface area contributed by atoms with Gasteiger partial charge in [0.05, 0.1) is 19.1 Å². The van der Waals surface area contributed by atoms with Gasteiger partial charge >= 0.3 is 5.97 Å². The minimum absolute atomic E-state index is 0.147. The number of carbonyl (C=O) groups is 1. The maximum Gasteiger partial charge on any atom is 0.343 e. The number of esters is 1. The maximum atomic E-state index is 12.7. The van der Waals surface area contributed by atoms with Crippen molar-refractivity contribution in [1.29, 1.82) is 0 Å². The van der Waals surface area contributed by atoms with Crippen molar-refractivity contribution in [1.82, 2.24) is 20.1 Å². The van der Waals surface area contributed by atoms with E-state index >= 15 is 0 Å². The van der Waals surface area contributed by atoms with Crippen molar-refractivity contribution in [2.45, 2.75) is 18.6 Å². The van der Waals surface area contributed by atoms with E-state index in [0.29, 0.717) is 33.8 Å². The average Bonchev–Trinajstić information content (AvgIpc) is 3.49. The molecule has 3 aromatic heterocycles. The molecule has 4 aromatic rings. The molecule has 0 saturated heterocycles. The van der Waals surface area contributed by atoms with Crippen molar-refractivity contribution in [3.8, 4) is 28.8 Å². The Labute approximate surface area is 181 Å². The van der Waals surface area contributed by atoms with Crippen molar-refractivity contribution in [3.63, 3.8) is 0 Å². The van der Waals surface area contributed by atoms with E-state index in [9.17, 15) is 4.79 Å². The van der Waals surface area contributed by atoms with Crippen molar-refractivity contribution in [2.75, 3.05) is 13.4 Å². The zero-order valence-electron chi connectivity index (χ0n) is 17.0. The van der Waals surface area contributed by atoms with Crippen LogP contribution in [-0.4, -0.2) is 39.4 Å². The zero-order chi connectivity index (χ0) is 21.8. The number of nitrogens with zero attached hydrogens (tertiary/aromatic N) is 4.